The van der Waals surface area contributed by atoms with Crippen molar-refractivity contribution in [2.24, 2.45) is 10.7 Å². The number of carbonyl (C=O) groups is 1. The summed E-state index contributed by atoms with van der Waals surface area (Å²) >= 11 is 0. The van der Waals surface area contributed by atoms with Gasteiger partial charge >= 0.3 is 0 Å². The molecule has 0 fully saturated rings. The van der Waals surface area contributed by atoms with Gasteiger partial charge in [-0.05, 0) is 19.9 Å². The van der Waals surface area contributed by atoms with Crippen LogP contribution in [0.15, 0.2) is 16.8 Å². The average molecular weight is 264 g/mol. The van der Waals surface area contributed by atoms with E-state index in [1.807, 2.05) is 0 Å². The molecule has 0 aliphatic heterocycles. The number of likely N-dealkylation sites (N-methyl/N-ethyl adjacent to an activating group) is 1. The Morgan fingerprint density at radius 3 is 2.89 bits per heavy atom. The minimum absolute atomic E-state index is 0.00435. The molecule has 5 nitrogen and oxygen atoms in total. The fourth-order valence-electron chi connectivity index (χ4n) is 1.20. The predicted molar refractivity (Wildman–Crippen MR) is 79.9 cm³/mol. The van der Waals surface area contributed by atoms with Gasteiger partial charge in [-0.1, -0.05) is 18.8 Å². The van der Waals surface area contributed by atoms with Gasteiger partial charge in [-0.15, -0.1) is 0 Å². The summed E-state index contributed by atoms with van der Waals surface area (Å²) in [7, 11) is 1.74. The maximum Gasteiger partial charge on any atom is 0.233 e. The van der Waals surface area contributed by atoms with Gasteiger partial charge in [-0.2, -0.15) is 0 Å². The molecule has 0 aromatic rings. The van der Waals surface area contributed by atoms with Gasteiger partial charge in [0, 0.05) is 31.9 Å². The molecule has 0 aromatic carbocycles. The summed E-state index contributed by atoms with van der Waals surface area (Å²) in [4.78, 5) is 15.3. The Morgan fingerprint density at radius 1 is 1.47 bits per heavy atom. The number of carbonyl (C=O) groups excluding carboxylic acids is 1. The third-order valence-corrected chi connectivity index (χ3v) is 2.13. The van der Waals surface area contributed by atoms with Crippen molar-refractivity contribution >= 4 is 12.1 Å². The second-order valence-corrected chi connectivity index (χ2v) is 3.94. The molecule has 0 bridgehead atoms. The smallest absolute Gasteiger partial charge is 0.233 e. The van der Waals surface area contributed by atoms with Crippen LogP contribution >= 0.6 is 0 Å². The van der Waals surface area contributed by atoms with Crippen molar-refractivity contribution in [1.29, 1.82) is 0 Å². The van der Waals surface area contributed by atoms with Crippen LogP contribution in [0.1, 0.15) is 26.2 Å². The summed E-state index contributed by atoms with van der Waals surface area (Å²) in [6.45, 7) is 3.84. The van der Waals surface area contributed by atoms with Crippen LogP contribution in [0.25, 0.3) is 0 Å². The van der Waals surface area contributed by atoms with Gasteiger partial charge in [0.25, 0.3) is 0 Å². The number of allylic oxidation sites excluding steroid dienone is 1. The molecule has 0 atom stereocenters. The zero-order valence-corrected chi connectivity index (χ0v) is 11.8. The first-order chi connectivity index (χ1) is 9.24. The molecule has 0 aliphatic rings. The normalized spacial score (nSPS) is 11.2. The molecular formula is C14H24N4O. The molecular weight excluding hydrogens is 240 g/mol. The number of hydrogen-bond acceptors (Lipinski definition) is 4. The van der Waals surface area contributed by atoms with Crippen molar-refractivity contribution in [3.8, 4) is 11.8 Å². The Labute approximate surface area is 115 Å². The fraction of sp³-hybridized carbons (Fsp3) is 0.571. The maximum atomic E-state index is 11.1. The monoisotopic (exact) mass is 264 g/mol. The third kappa shape index (κ3) is 11.0. The van der Waals surface area contributed by atoms with E-state index in [9.17, 15) is 4.79 Å². The maximum absolute atomic E-state index is 11.1. The first kappa shape index (κ1) is 17.2. The quantitative estimate of drug-likeness (QED) is 0.338. The summed E-state index contributed by atoms with van der Waals surface area (Å²) in [6.07, 6.45) is 5.71. The molecule has 0 heterocycles. The summed E-state index contributed by atoms with van der Waals surface area (Å²) in [6, 6.07) is 0. The molecule has 5 heteroatoms. The lowest BCUT2D eigenvalue weighted by Gasteiger charge is -2.01. The minimum atomic E-state index is 0.00435. The van der Waals surface area contributed by atoms with Gasteiger partial charge in [0.1, 0.15) is 0 Å². The fourth-order valence-corrected chi connectivity index (χ4v) is 1.20. The van der Waals surface area contributed by atoms with Gasteiger partial charge < -0.3 is 16.4 Å². The van der Waals surface area contributed by atoms with Crippen LogP contribution < -0.4 is 16.4 Å². The molecule has 0 unspecified atom stereocenters. The van der Waals surface area contributed by atoms with Crippen molar-refractivity contribution in [3.05, 3.63) is 11.8 Å². The average Bonchev–Trinajstić information content (AvgIpc) is 2.41. The molecule has 4 N–H and O–H groups in total. The lowest BCUT2D eigenvalue weighted by molar-refractivity contribution is -0.120. The molecule has 0 aliphatic carbocycles. The summed E-state index contributed by atoms with van der Waals surface area (Å²) in [5.74, 6) is 5.97. The van der Waals surface area contributed by atoms with Crippen LogP contribution in [0.2, 0.25) is 0 Å². The second kappa shape index (κ2) is 12.7. The topological polar surface area (TPSA) is 79.5 Å². The van der Waals surface area contributed by atoms with Crippen molar-refractivity contribution in [3.63, 3.8) is 0 Å². The van der Waals surface area contributed by atoms with Crippen molar-refractivity contribution in [2.75, 3.05) is 26.7 Å². The molecule has 0 radical (unpaired) electrons. The molecule has 106 valence electrons. The van der Waals surface area contributed by atoms with E-state index in [1.165, 1.54) is 6.20 Å². The van der Waals surface area contributed by atoms with Crippen LogP contribution in [0.3, 0.4) is 0 Å². The van der Waals surface area contributed by atoms with Crippen LogP contribution in [-0.2, 0) is 4.79 Å². The summed E-state index contributed by atoms with van der Waals surface area (Å²) in [5.41, 5.74) is 6.18. The van der Waals surface area contributed by atoms with E-state index < -0.39 is 0 Å². The molecule has 0 rings (SSSR count). The molecule has 0 spiro atoms. The number of aliphatic imine (C=N–C) groups is 1. The van der Waals surface area contributed by atoms with E-state index in [1.54, 1.807) is 13.3 Å². The zero-order chi connectivity index (χ0) is 14.3. The Hall–Kier alpha value is -1.80. The molecule has 0 saturated carbocycles. The van der Waals surface area contributed by atoms with Crippen molar-refractivity contribution in [2.45, 2.75) is 26.2 Å². The molecule has 19 heavy (non-hydrogen) atoms. The Balaban J connectivity index is 3.81. The first-order valence-electron chi connectivity index (χ1n) is 6.56. The van der Waals surface area contributed by atoms with E-state index in [-0.39, 0.29) is 5.91 Å². The Bertz CT molecular complexity index is 363. The summed E-state index contributed by atoms with van der Waals surface area (Å²) in [5, 5.41) is 5.58. The first-order valence-corrected chi connectivity index (χ1v) is 6.56. The number of nitrogens with zero attached hydrogens (tertiary/aromatic N) is 1. The number of rotatable bonds is 8. The Kier molecular flexibility index (Phi) is 11.5. The number of nitrogens with two attached hydrogens (primary N) is 1. The Morgan fingerprint density at radius 2 is 2.26 bits per heavy atom. The van der Waals surface area contributed by atoms with Crippen LogP contribution in [-0.4, -0.2) is 38.8 Å². The molecule has 0 aromatic heterocycles. The predicted octanol–water partition coefficient (Wildman–Crippen LogP) is 0.429. The lowest BCUT2D eigenvalue weighted by atomic mass is 10.2. The largest absolute Gasteiger partial charge is 0.404 e. The zero-order valence-electron chi connectivity index (χ0n) is 11.8. The number of unbranched alkanes of at least 4 members (excludes halogenated alkanes) is 1. The van der Waals surface area contributed by atoms with E-state index in [4.69, 9.17) is 5.73 Å². The minimum Gasteiger partial charge on any atom is -0.404 e. The summed E-state index contributed by atoms with van der Waals surface area (Å²) < 4.78 is 0. The number of nitrogens with one attached hydrogen (secondary N) is 2. The number of hydrogen-bond donors (Lipinski definition) is 3. The molecule has 1 amide bonds. The van der Waals surface area contributed by atoms with E-state index in [0.717, 1.165) is 31.4 Å². The van der Waals surface area contributed by atoms with Crippen molar-refractivity contribution in [1.82, 2.24) is 10.6 Å². The highest BCUT2D eigenvalue weighted by Crippen LogP contribution is 1.89. The molecule has 0 saturated heterocycles. The highest BCUT2D eigenvalue weighted by Gasteiger charge is 1.95. The van der Waals surface area contributed by atoms with E-state index in [0.29, 0.717) is 13.1 Å². The van der Waals surface area contributed by atoms with E-state index >= 15 is 0 Å². The standard InChI is InChI=1S/C14H24N4O/c1-3-8-17-11-13(10-15)7-5-4-6-9-18-14(19)12-16-2/h10-11,16H,3-4,6,8-9,12,15H2,1-2H3,(H,18,19). The highest BCUT2D eigenvalue weighted by atomic mass is 16.1. The lowest BCUT2D eigenvalue weighted by Crippen LogP contribution is -2.32. The van der Waals surface area contributed by atoms with Crippen LogP contribution in [0, 0.1) is 11.8 Å². The second-order valence-electron chi connectivity index (χ2n) is 3.94. The van der Waals surface area contributed by atoms with Gasteiger partial charge in [0.15, 0.2) is 0 Å². The van der Waals surface area contributed by atoms with Gasteiger partial charge in [0.05, 0.1) is 12.1 Å². The van der Waals surface area contributed by atoms with Gasteiger partial charge in [-0.25, -0.2) is 0 Å². The highest BCUT2D eigenvalue weighted by molar-refractivity contribution is 5.84. The van der Waals surface area contributed by atoms with E-state index in [2.05, 4.69) is 34.4 Å². The SMILES string of the molecule is CCCN=CC(C#CCCCNC(=O)CNC)=CN. The van der Waals surface area contributed by atoms with Crippen LogP contribution in [0.4, 0.5) is 0 Å². The number of amides is 1. The van der Waals surface area contributed by atoms with Crippen LogP contribution in [0.5, 0.6) is 0 Å². The van der Waals surface area contributed by atoms with Gasteiger partial charge in [0.2, 0.25) is 5.91 Å². The van der Waals surface area contributed by atoms with Crippen molar-refractivity contribution < 1.29 is 4.79 Å². The third-order valence-electron chi connectivity index (χ3n) is 2.13. The van der Waals surface area contributed by atoms with Gasteiger partial charge in [-0.3, -0.25) is 9.79 Å².